The van der Waals surface area contributed by atoms with Crippen molar-refractivity contribution in [2.24, 2.45) is 0 Å². The monoisotopic (exact) mass is 158 g/mol. The molecular formula is C6H8BFO3. The van der Waals surface area contributed by atoms with Crippen LogP contribution in [0.3, 0.4) is 0 Å². The lowest BCUT2D eigenvalue weighted by Crippen LogP contribution is -2.00. The molecule has 0 bridgehead atoms. The number of halogens is 1. The van der Waals surface area contributed by atoms with Gasteiger partial charge in [-0.15, -0.1) is 0 Å². The van der Waals surface area contributed by atoms with E-state index in [4.69, 9.17) is 13.0 Å². The fraction of sp³-hybridized carbons (Fsp3) is 0. The first-order valence-corrected chi connectivity index (χ1v) is 2.44. The summed E-state index contributed by atoms with van der Waals surface area (Å²) in [5.41, 5.74) is 0.355. The standard InChI is InChI=1S/C6H4BFO.2H2O/c7-4-1-2-5(8)6(9)3-4;;/h1-3,9H;2*1H2. The molecule has 2 radical (unpaired) electrons. The first-order valence-electron chi connectivity index (χ1n) is 2.44. The predicted molar refractivity (Wildman–Crippen MR) is 40.7 cm³/mol. The van der Waals surface area contributed by atoms with Crippen LogP contribution < -0.4 is 5.46 Å². The molecule has 60 valence electrons. The van der Waals surface area contributed by atoms with E-state index in [-0.39, 0.29) is 11.0 Å². The zero-order valence-electron chi connectivity index (χ0n) is 5.63. The maximum Gasteiger partial charge on any atom is 0.164 e. The normalized spacial score (nSPS) is 7.73. The average Bonchev–Trinajstić information content (AvgIpc) is 1.80. The van der Waals surface area contributed by atoms with Crippen LogP contribution in [0.4, 0.5) is 4.39 Å². The minimum Gasteiger partial charge on any atom is -0.505 e. The van der Waals surface area contributed by atoms with Crippen LogP contribution in [-0.2, 0) is 0 Å². The van der Waals surface area contributed by atoms with Crippen molar-refractivity contribution in [2.75, 3.05) is 0 Å². The number of benzene rings is 1. The minimum absolute atomic E-state index is 0. The van der Waals surface area contributed by atoms with Crippen LogP contribution in [0, 0.1) is 5.82 Å². The van der Waals surface area contributed by atoms with Crippen molar-refractivity contribution in [3.63, 3.8) is 0 Å². The molecule has 5 heteroatoms. The van der Waals surface area contributed by atoms with Crippen molar-refractivity contribution < 1.29 is 20.4 Å². The van der Waals surface area contributed by atoms with Gasteiger partial charge in [0.2, 0.25) is 0 Å². The number of rotatable bonds is 0. The SMILES string of the molecule is O.O.[B]c1ccc(F)c(O)c1. The Morgan fingerprint density at radius 2 is 1.82 bits per heavy atom. The minimum atomic E-state index is -0.649. The molecule has 5 N–H and O–H groups in total. The van der Waals surface area contributed by atoms with Crippen LogP contribution in [-0.4, -0.2) is 23.9 Å². The second-order valence-electron chi connectivity index (χ2n) is 1.71. The molecule has 0 spiro atoms. The van der Waals surface area contributed by atoms with E-state index < -0.39 is 11.6 Å². The van der Waals surface area contributed by atoms with Gasteiger partial charge in [0.05, 0.1) is 0 Å². The molecule has 0 amide bonds. The summed E-state index contributed by atoms with van der Waals surface area (Å²) in [5, 5.41) is 8.65. The van der Waals surface area contributed by atoms with Crippen LogP contribution in [0.2, 0.25) is 0 Å². The highest BCUT2D eigenvalue weighted by molar-refractivity contribution is 6.32. The van der Waals surface area contributed by atoms with E-state index >= 15 is 0 Å². The van der Waals surface area contributed by atoms with Gasteiger partial charge in [-0.05, 0) is 12.1 Å². The molecule has 0 aliphatic carbocycles. The van der Waals surface area contributed by atoms with Crippen molar-refractivity contribution >= 4 is 13.3 Å². The third kappa shape index (κ3) is 3.02. The third-order valence-corrected chi connectivity index (χ3v) is 0.970. The molecule has 1 rings (SSSR count). The molecule has 1 aromatic carbocycles. The van der Waals surface area contributed by atoms with Crippen LogP contribution in [0.1, 0.15) is 0 Å². The molecular weight excluding hydrogens is 150 g/mol. The average molecular weight is 158 g/mol. The lowest BCUT2D eigenvalue weighted by Gasteiger charge is -1.94. The Morgan fingerprint density at radius 3 is 2.18 bits per heavy atom. The highest BCUT2D eigenvalue weighted by Gasteiger charge is 1.95. The zero-order chi connectivity index (χ0) is 6.85. The third-order valence-electron chi connectivity index (χ3n) is 0.970. The Kier molecular flexibility index (Phi) is 5.39. The maximum atomic E-state index is 12.2. The summed E-state index contributed by atoms with van der Waals surface area (Å²) < 4.78 is 12.2. The largest absolute Gasteiger partial charge is 0.505 e. The van der Waals surface area contributed by atoms with E-state index in [9.17, 15) is 4.39 Å². The van der Waals surface area contributed by atoms with Gasteiger partial charge >= 0.3 is 0 Å². The number of aromatic hydroxyl groups is 1. The summed E-state index contributed by atoms with van der Waals surface area (Å²) in [7, 11) is 5.20. The van der Waals surface area contributed by atoms with Gasteiger partial charge in [0.25, 0.3) is 0 Å². The topological polar surface area (TPSA) is 83.2 Å². The second kappa shape index (κ2) is 4.70. The Labute approximate surface area is 64.5 Å². The Bertz CT molecular complexity index is 229. The quantitative estimate of drug-likeness (QED) is 0.466. The van der Waals surface area contributed by atoms with Gasteiger partial charge in [0, 0.05) is 0 Å². The highest BCUT2D eigenvalue weighted by atomic mass is 19.1. The number of phenolic OH excluding ortho intramolecular Hbond substituents is 1. The number of phenols is 1. The molecule has 1 aromatic rings. The Balaban J connectivity index is 0. The second-order valence-corrected chi connectivity index (χ2v) is 1.71. The lowest BCUT2D eigenvalue weighted by atomic mass is 9.96. The van der Waals surface area contributed by atoms with E-state index in [2.05, 4.69) is 0 Å². The van der Waals surface area contributed by atoms with E-state index in [1.807, 2.05) is 0 Å². The summed E-state index contributed by atoms with van der Waals surface area (Å²) >= 11 is 0. The fourth-order valence-electron chi connectivity index (χ4n) is 0.530. The van der Waals surface area contributed by atoms with Crippen molar-refractivity contribution in [2.45, 2.75) is 0 Å². The summed E-state index contributed by atoms with van der Waals surface area (Å²) in [4.78, 5) is 0. The molecule has 0 saturated heterocycles. The van der Waals surface area contributed by atoms with E-state index in [1.165, 1.54) is 6.07 Å². The van der Waals surface area contributed by atoms with E-state index in [0.29, 0.717) is 5.46 Å². The maximum absolute atomic E-state index is 12.2. The molecule has 11 heavy (non-hydrogen) atoms. The van der Waals surface area contributed by atoms with Gasteiger partial charge in [0.15, 0.2) is 11.6 Å². The van der Waals surface area contributed by atoms with Gasteiger partial charge in [-0.2, -0.15) is 0 Å². The number of hydrogen-bond acceptors (Lipinski definition) is 1. The van der Waals surface area contributed by atoms with Gasteiger partial charge in [-0.25, -0.2) is 4.39 Å². The van der Waals surface area contributed by atoms with Crippen LogP contribution in [0.15, 0.2) is 18.2 Å². The van der Waals surface area contributed by atoms with Crippen LogP contribution in [0.25, 0.3) is 0 Å². The predicted octanol–water partition coefficient (Wildman–Crippen LogP) is -1.32. The first kappa shape index (κ1) is 12.6. The summed E-state index contributed by atoms with van der Waals surface area (Å²) in [6, 6.07) is 3.66. The van der Waals surface area contributed by atoms with Crippen molar-refractivity contribution in [3.8, 4) is 5.75 Å². The Hall–Kier alpha value is -1.07. The molecule has 3 nitrogen and oxygen atoms in total. The first-order chi connectivity index (χ1) is 4.20. The molecule has 0 heterocycles. The van der Waals surface area contributed by atoms with Crippen LogP contribution >= 0.6 is 0 Å². The summed E-state index contributed by atoms with van der Waals surface area (Å²) in [6.45, 7) is 0. The molecule has 0 aromatic heterocycles. The van der Waals surface area contributed by atoms with Gasteiger partial charge in [-0.3, -0.25) is 0 Å². The zero-order valence-corrected chi connectivity index (χ0v) is 5.63. The summed E-state index contributed by atoms with van der Waals surface area (Å²) in [6.07, 6.45) is 0. The van der Waals surface area contributed by atoms with Crippen molar-refractivity contribution in [1.82, 2.24) is 0 Å². The van der Waals surface area contributed by atoms with Gasteiger partial charge in [0.1, 0.15) is 7.85 Å². The fourth-order valence-corrected chi connectivity index (χ4v) is 0.530. The Morgan fingerprint density at radius 1 is 1.27 bits per heavy atom. The van der Waals surface area contributed by atoms with E-state index in [0.717, 1.165) is 12.1 Å². The molecule has 0 atom stereocenters. The van der Waals surface area contributed by atoms with Gasteiger partial charge in [-0.1, -0.05) is 11.5 Å². The molecule has 0 aliphatic rings. The highest BCUT2D eigenvalue weighted by Crippen LogP contribution is 2.10. The molecule has 0 fully saturated rings. The van der Waals surface area contributed by atoms with Crippen LogP contribution in [0.5, 0.6) is 5.75 Å². The van der Waals surface area contributed by atoms with Gasteiger partial charge < -0.3 is 16.1 Å². The van der Waals surface area contributed by atoms with Crippen molar-refractivity contribution in [3.05, 3.63) is 24.0 Å². The molecule has 0 saturated carbocycles. The number of hydrogen-bond donors (Lipinski definition) is 1. The molecule has 0 unspecified atom stereocenters. The smallest absolute Gasteiger partial charge is 0.164 e. The van der Waals surface area contributed by atoms with E-state index in [1.54, 1.807) is 0 Å². The lowest BCUT2D eigenvalue weighted by molar-refractivity contribution is 0.433. The van der Waals surface area contributed by atoms with Crippen molar-refractivity contribution in [1.29, 1.82) is 0 Å². The molecule has 0 aliphatic heterocycles. The summed E-state index contributed by atoms with van der Waals surface area (Å²) in [5.74, 6) is -1.06.